The summed E-state index contributed by atoms with van der Waals surface area (Å²) in [4.78, 5) is 10.7. The van der Waals surface area contributed by atoms with Gasteiger partial charge in [0.25, 0.3) is 0 Å². The van der Waals surface area contributed by atoms with Gasteiger partial charge in [0.05, 0.1) is 12.6 Å². The number of carbonyl (C=O) groups is 1. The molecule has 16 heavy (non-hydrogen) atoms. The summed E-state index contributed by atoms with van der Waals surface area (Å²) in [6.07, 6.45) is 0.325. The van der Waals surface area contributed by atoms with E-state index in [4.69, 9.17) is 14.6 Å². The van der Waals surface area contributed by atoms with Gasteiger partial charge in [-0.3, -0.25) is 0 Å². The summed E-state index contributed by atoms with van der Waals surface area (Å²) < 4.78 is 5.16. The lowest BCUT2D eigenvalue weighted by Gasteiger charge is -2.04. The van der Waals surface area contributed by atoms with Gasteiger partial charge in [0.1, 0.15) is 5.76 Å². The SMILES string of the molecule is Cc1cc(CNCCC(C)O)oc1C(=O)O. The first-order chi connectivity index (χ1) is 7.50. The number of hydrogen-bond acceptors (Lipinski definition) is 4. The molecular weight excluding hydrogens is 210 g/mol. The van der Waals surface area contributed by atoms with E-state index in [9.17, 15) is 4.79 Å². The van der Waals surface area contributed by atoms with E-state index in [1.165, 1.54) is 0 Å². The summed E-state index contributed by atoms with van der Waals surface area (Å²) in [5.74, 6) is -0.458. The van der Waals surface area contributed by atoms with Crippen LogP contribution in [0.25, 0.3) is 0 Å². The topological polar surface area (TPSA) is 82.7 Å². The maximum atomic E-state index is 10.7. The lowest BCUT2D eigenvalue weighted by atomic mass is 10.2. The highest BCUT2D eigenvalue weighted by Gasteiger charge is 2.13. The quantitative estimate of drug-likeness (QED) is 0.635. The second kappa shape index (κ2) is 5.67. The van der Waals surface area contributed by atoms with Crippen LogP contribution in [0.15, 0.2) is 10.5 Å². The zero-order chi connectivity index (χ0) is 12.1. The Bertz CT molecular complexity index is 357. The third kappa shape index (κ3) is 3.67. The van der Waals surface area contributed by atoms with Gasteiger partial charge in [-0.1, -0.05) is 0 Å². The fourth-order valence-corrected chi connectivity index (χ4v) is 1.37. The third-order valence-electron chi connectivity index (χ3n) is 2.20. The lowest BCUT2D eigenvalue weighted by molar-refractivity contribution is 0.0659. The van der Waals surface area contributed by atoms with E-state index in [-0.39, 0.29) is 11.9 Å². The fraction of sp³-hybridized carbons (Fsp3) is 0.545. The molecule has 0 aromatic carbocycles. The standard InChI is InChI=1S/C11H17NO4/c1-7-5-9(16-10(7)11(14)15)6-12-4-3-8(2)13/h5,8,12-13H,3-4,6H2,1-2H3,(H,14,15). The van der Waals surface area contributed by atoms with Gasteiger partial charge in [0.2, 0.25) is 5.76 Å². The van der Waals surface area contributed by atoms with Gasteiger partial charge in [-0.05, 0) is 32.9 Å². The van der Waals surface area contributed by atoms with Gasteiger partial charge < -0.3 is 19.9 Å². The van der Waals surface area contributed by atoms with Crippen LogP contribution in [0.3, 0.4) is 0 Å². The highest BCUT2D eigenvalue weighted by atomic mass is 16.4. The Morgan fingerprint density at radius 2 is 2.31 bits per heavy atom. The highest BCUT2D eigenvalue weighted by Crippen LogP contribution is 2.14. The number of aryl methyl sites for hydroxylation is 1. The summed E-state index contributed by atoms with van der Waals surface area (Å²) in [5, 5.41) is 20.9. The van der Waals surface area contributed by atoms with Crippen molar-refractivity contribution in [3.05, 3.63) is 23.2 Å². The first-order valence-electron chi connectivity index (χ1n) is 5.22. The largest absolute Gasteiger partial charge is 0.475 e. The summed E-state index contributed by atoms with van der Waals surface area (Å²) in [6, 6.07) is 1.71. The van der Waals surface area contributed by atoms with E-state index in [0.29, 0.717) is 30.8 Å². The van der Waals surface area contributed by atoms with E-state index in [1.807, 2.05) is 0 Å². The number of furan rings is 1. The molecule has 0 saturated heterocycles. The van der Waals surface area contributed by atoms with Crippen molar-refractivity contribution in [2.45, 2.75) is 32.9 Å². The Kier molecular flexibility index (Phi) is 4.52. The molecule has 0 aliphatic heterocycles. The van der Waals surface area contributed by atoms with Gasteiger partial charge >= 0.3 is 5.97 Å². The van der Waals surface area contributed by atoms with Crippen molar-refractivity contribution < 1.29 is 19.4 Å². The molecular formula is C11H17NO4. The Morgan fingerprint density at radius 3 is 2.81 bits per heavy atom. The van der Waals surface area contributed by atoms with Crippen molar-refractivity contribution in [1.82, 2.24) is 5.32 Å². The summed E-state index contributed by atoms with van der Waals surface area (Å²) in [7, 11) is 0. The number of aliphatic hydroxyl groups is 1. The summed E-state index contributed by atoms with van der Waals surface area (Å²) in [5.41, 5.74) is 0.625. The van der Waals surface area contributed by atoms with Crippen LogP contribution in [0.4, 0.5) is 0 Å². The molecule has 3 N–H and O–H groups in total. The van der Waals surface area contributed by atoms with Gasteiger partial charge in [-0.2, -0.15) is 0 Å². The van der Waals surface area contributed by atoms with Crippen LogP contribution in [-0.2, 0) is 6.54 Å². The van der Waals surface area contributed by atoms with Crippen LogP contribution in [0.5, 0.6) is 0 Å². The molecule has 0 fully saturated rings. The minimum atomic E-state index is -1.05. The molecule has 1 heterocycles. The molecule has 0 radical (unpaired) electrons. The maximum absolute atomic E-state index is 10.7. The van der Waals surface area contributed by atoms with Gasteiger partial charge in [-0.15, -0.1) is 0 Å². The molecule has 1 aromatic heterocycles. The smallest absolute Gasteiger partial charge is 0.372 e. The molecule has 0 bridgehead atoms. The number of carboxylic acids is 1. The third-order valence-corrected chi connectivity index (χ3v) is 2.20. The molecule has 1 aromatic rings. The Balaban J connectivity index is 2.43. The highest BCUT2D eigenvalue weighted by molar-refractivity contribution is 5.86. The van der Waals surface area contributed by atoms with Crippen LogP contribution in [-0.4, -0.2) is 28.8 Å². The van der Waals surface area contributed by atoms with Gasteiger partial charge in [0, 0.05) is 5.56 Å². The average molecular weight is 227 g/mol. The molecule has 0 saturated carbocycles. The molecule has 0 aliphatic rings. The van der Waals surface area contributed by atoms with E-state index in [1.54, 1.807) is 19.9 Å². The van der Waals surface area contributed by atoms with Crippen LogP contribution >= 0.6 is 0 Å². The first kappa shape index (κ1) is 12.7. The van der Waals surface area contributed by atoms with E-state index in [2.05, 4.69) is 5.32 Å². The molecule has 5 heteroatoms. The van der Waals surface area contributed by atoms with Crippen molar-refractivity contribution in [3.63, 3.8) is 0 Å². The number of rotatable bonds is 6. The van der Waals surface area contributed by atoms with Crippen molar-refractivity contribution in [3.8, 4) is 0 Å². The second-order valence-electron chi connectivity index (χ2n) is 3.84. The van der Waals surface area contributed by atoms with Crippen molar-refractivity contribution >= 4 is 5.97 Å². The van der Waals surface area contributed by atoms with Gasteiger partial charge in [-0.25, -0.2) is 4.79 Å². The van der Waals surface area contributed by atoms with Crippen LogP contribution in [0.1, 0.15) is 35.2 Å². The monoisotopic (exact) mass is 227 g/mol. The minimum Gasteiger partial charge on any atom is -0.475 e. The van der Waals surface area contributed by atoms with Gasteiger partial charge in [0.15, 0.2) is 0 Å². The first-order valence-corrected chi connectivity index (χ1v) is 5.22. The Labute approximate surface area is 94.1 Å². The van der Waals surface area contributed by atoms with E-state index in [0.717, 1.165) is 0 Å². The lowest BCUT2D eigenvalue weighted by Crippen LogP contribution is -2.18. The Hall–Kier alpha value is -1.33. The van der Waals surface area contributed by atoms with Crippen LogP contribution < -0.4 is 5.32 Å². The summed E-state index contributed by atoms with van der Waals surface area (Å²) in [6.45, 7) is 4.56. The summed E-state index contributed by atoms with van der Waals surface area (Å²) >= 11 is 0. The van der Waals surface area contributed by atoms with Crippen molar-refractivity contribution in [2.75, 3.05) is 6.54 Å². The molecule has 0 aliphatic carbocycles. The number of nitrogens with one attached hydrogen (secondary N) is 1. The molecule has 0 amide bonds. The zero-order valence-corrected chi connectivity index (χ0v) is 9.49. The van der Waals surface area contributed by atoms with E-state index >= 15 is 0 Å². The number of hydrogen-bond donors (Lipinski definition) is 3. The van der Waals surface area contributed by atoms with Crippen molar-refractivity contribution in [2.24, 2.45) is 0 Å². The van der Waals surface area contributed by atoms with E-state index < -0.39 is 5.97 Å². The normalized spacial score (nSPS) is 12.7. The van der Waals surface area contributed by atoms with Crippen molar-refractivity contribution in [1.29, 1.82) is 0 Å². The number of aromatic carboxylic acids is 1. The van der Waals surface area contributed by atoms with Crippen LogP contribution in [0.2, 0.25) is 0 Å². The average Bonchev–Trinajstić information content (AvgIpc) is 2.54. The number of aliphatic hydroxyl groups excluding tert-OH is 1. The molecule has 1 unspecified atom stereocenters. The van der Waals surface area contributed by atoms with Crippen LogP contribution in [0, 0.1) is 6.92 Å². The molecule has 90 valence electrons. The Morgan fingerprint density at radius 1 is 1.62 bits per heavy atom. The fourth-order valence-electron chi connectivity index (χ4n) is 1.37. The molecule has 5 nitrogen and oxygen atoms in total. The molecule has 1 atom stereocenters. The zero-order valence-electron chi connectivity index (χ0n) is 9.49. The second-order valence-corrected chi connectivity index (χ2v) is 3.84. The molecule has 1 rings (SSSR count). The minimum absolute atomic E-state index is 0.00711. The predicted molar refractivity (Wildman–Crippen MR) is 58.4 cm³/mol. The molecule has 0 spiro atoms. The number of carboxylic acid groups (broad SMARTS) is 1. The maximum Gasteiger partial charge on any atom is 0.372 e. The predicted octanol–water partition coefficient (Wildman–Crippen LogP) is 1.15.